The standard InChI is InChI=1S/C12H11Cl2N3O2S/c1-7-3-8(2)16-11(4-7)17-20(18,19)9-5-10(13)12(14)15-6-9/h3-6H,1-2H3,(H,16,17). The normalized spacial score (nSPS) is 11.4. The Hall–Kier alpha value is -1.37. The minimum Gasteiger partial charge on any atom is -0.263 e. The Bertz CT molecular complexity index is 743. The fourth-order valence-electron chi connectivity index (χ4n) is 1.64. The van der Waals surface area contributed by atoms with Gasteiger partial charge in [-0.25, -0.2) is 18.4 Å². The number of aryl methyl sites for hydroxylation is 2. The maximum atomic E-state index is 12.2. The number of hydrogen-bond donors (Lipinski definition) is 1. The summed E-state index contributed by atoms with van der Waals surface area (Å²) < 4.78 is 26.8. The first-order chi connectivity index (χ1) is 9.28. The minimum absolute atomic E-state index is 0.0511. The van der Waals surface area contributed by atoms with Crippen molar-refractivity contribution >= 4 is 39.0 Å². The van der Waals surface area contributed by atoms with Crippen LogP contribution < -0.4 is 4.72 Å². The van der Waals surface area contributed by atoms with Crippen LogP contribution >= 0.6 is 23.2 Å². The monoisotopic (exact) mass is 331 g/mol. The summed E-state index contributed by atoms with van der Waals surface area (Å²) in [5.74, 6) is 0.244. The second-order valence-electron chi connectivity index (χ2n) is 4.22. The number of anilines is 1. The van der Waals surface area contributed by atoms with Crippen molar-refractivity contribution in [2.45, 2.75) is 18.7 Å². The van der Waals surface area contributed by atoms with Gasteiger partial charge in [0.25, 0.3) is 10.0 Å². The van der Waals surface area contributed by atoms with E-state index in [4.69, 9.17) is 23.2 Å². The number of nitrogens with zero attached hydrogens (tertiary/aromatic N) is 2. The van der Waals surface area contributed by atoms with Crippen molar-refractivity contribution in [1.29, 1.82) is 0 Å². The van der Waals surface area contributed by atoms with Gasteiger partial charge in [0.1, 0.15) is 15.9 Å². The van der Waals surface area contributed by atoms with E-state index in [0.29, 0.717) is 0 Å². The Morgan fingerprint density at radius 1 is 1.15 bits per heavy atom. The fourth-order valence-corrected chi connectivity index (χ4v) is 2.94. The van der Waals surface area contributed by atoms with Gasteiger partial charge in [-0.15, -0.1) is 0 Å². The SMILES string of the molecule is Cc1cc(C)nc(NS(=O)(=O)c2cnc(Cl)c(Cl)c2)c1. The second kappa shape index (κ2) is 5.55. The number of aromatic nitrogens is 2. The van der Waals surface area contributed by atoms with E-state index in [0.717, 1.165) is 17.5 Å². The molecule has 5 nitrogen and oxygen atoms in total. The number of pyridine rings is 2. The number of halogens is 2. The lowest BCUT2D eigenvalue weighted by molar-refractivity contribution is 0.600. The maximum absolute atomic E-state index is 12.2. The van der Waals surface area contributed by atoms with Crippen LogP contribution in [0.25, 0.3) is 0 Å². The first-order valence-electron chi connectivity index (χ1n) is 5.57. The van der Waals surface area contributed by atoms with Gasteiger partial charge in [0.05, 0.1) is 5.02 Å². The van der Waals surface area contributed by atoms with Gasteiger partial charge in [0, 0.05) is 11.9 Å². The van der Waals surface area contributed by atoms with E-state index in [9.17, 15) is 8.42 Å². The summed E-state index contributed by atoms with van der Waals surface area (Å²) in [7, 11) is -3.80. The molecule has 0 amide bonds. The van der Waals surface area contributed by atoms with Gasteiger partial charge in [-0.1, -0.05) is 23.2 Å². The number of rotatable bonds is 3. The lowest BCUT2D eigenvalue weighted by atomic mass is 10.2. The molecule has 0 aromatic carbocycles. The van der Waals surface area contributed by atoms with Crippen LogP contribution in [0.15, 0.2) is 29.3 Å². The Labute approximate surface area is 127 Å². The van der Waals surface area contributed by atoms with E-state index in [1.165, 1.54) is 6.07 Å². The van der Waals surface area contributed by atoms with Gasteiger partial charge in [-0.3, -0.25) is 4.72 Å². The summed E-state index contributed by atoms with van der Waals surface area (Å²) in [6, 6.07) is 4.72. The Kier molecular flexibility index (Phi) is 4.17. The van der Waals surface area contributed by atoms with Crippen LogP contribution in [-0.4, -0.2) is 18.4 Å². The lowest BCUT2D eigenvalue weighted by Gasteiger charge is -2.09. The molecule has 0 unspecified atom stereocenters. The smallest absolute Gasteiger partial charge is 0.263 e. The zero-order valence-corrected chi connectivity index (χ0v) is 13.0. The average molecular weight is 332 g/mol. The van der Waals surface area contributed by atoms with Crippen molar-refractivity contribution in [3.05, 3.63) is 45.8 Å². The topological polar surface area (TPSA) is 72.0 Å². The Balaban J connectivity index is 2.37. The molecule has 0 atom stereocenters. The van der Waals surface area contributed by atoms with Crippen molar-refractivity contribution in [3.63, 3.8) is 0 Å². The van der Waals surface area contributed by atoms with Crippen molar-refractivity contribution in [2.24, 2.45) is 0 Å². The second-order valence-corrected chi connectivity index (χ2v) is 6.67. The van der Waals surface area contributed by atoms with E-state index < -0.39 is 10.0 Å². The highest BCUT2D eigenvalue weighted by Gasteiger charge is 2.17. The average Bonchev–Trinajstić information content (AvgIpc) is 2.30. The molecule has 0 saturated carbocycles. The third-order valence-electron chi connectivity index (χ3n) is 2.42. The molecule has 1 N–H and O–H groups in total. The molecule has 2 aromatic heterocycles. The van der Waals surface area contributed by atoms with Gasteiger partial charge in [0.15, 0.2) is 0 Å². The van der Waals surface area contributed by atoms with Gasteiger partial charge in [-0.2, -0.15) is 0 Å². The summed E-state index contributed by atoms with van der Waals surface area (Å²) in [6.45, 7) is 3.64. The molecule has 0 spiro atoms. The van der Waals surface area contributed by atoms with Crippen LogP contribution in [-0.2, 0) is 10.0 Å². The molecule has 8 heteroatoms. The largest absolute Gasteiger partial charge is 0.264 e. The van der Waals surface area contributed by atoms with E-state index in [2.05, 4.69) is 14.7 Å². The Morgan fingerprint density at radius 3 is 2.45 bits per heavy atom. The van der Waals surface area contributed by atoms with Gasteiger partial charge in [0.2, 0.25) is 0 Å². The third kappa shape index (κ3) is 3.39. The third-order valence-corrected chi connectivity index (χ3v) is 4.43. The van der Waals surface area contributed by atoms with Crippen LogP contribution in [0.5, 0.6) is 0 Å². The molecular formula is C12H11Cl2N3O2S. The molecule has 0 radical (unpaired) electrons. The fraction of sp³-hybridized carbons (Fsp3) is 0.167. The summed E-state index contributed by atoms with van der Waals surface area (Å²) >= 11 is 11.4. The molecule has 2 heterocycles. The molecule has 20 heavy (non-hydrogen) atoms. The Morgan fingerprint density at radius 2 is 1.85 bits per heavy atom. The molecule has 0 bridgehead atoms. The molecule has 0 saturated heterocycles. The molecule has 2 rings (SSSR count). The summed E-state index contributed by atoms with van der Waals surface area (Å²) in [5, 5.41) is 0.123. The summed E-state index contributed by atoms with van der Waals surface area (Å²) in [5.41, 5.74) is 1.62. The maximum Gasteiger partial charge on any atom is 0.264 e. The summed E-state index contributed by atoms with van der Waals surface area (Å²) in [6.07, 6.45) is 1.14. The molecular weight excluding hydrogens is 321 g/mol. The molecule has 106 valence electrons. The van der Waals surface area contributed by atoms with E-state index in [1.54, 1.807) is 13.0 Å². The lowest BCUT2D eigenvalue weighted by Crippen LogP contribution is -2.14. The van der Waals surface area contributed by atoms with Gasteiger partial charge < -0.3 is 0 Å². The first kappa shape index (κ1) is 15.0. The minimum atomic E-state index is -3.80. The van der Waals surface area contributed by atoms with Crippen molar-refractivity contribution < 1.29 is 8.42 Å². The van der Waals surface area contributed by atoms with Crippen molar-refractivity contribution in [3.8, 4) is 0 Å². The zero-order chi connectivity index (χ0) is 14.9. The molecule has 0 aliphatic heterocycles. The van der Waals surface area contributed by atoms with Crippen LogP contribution in [0.2, 0.25) is 10.2 Å². The van der Waals surface area contributed by atoms with Crippen LogP contribution in [0, 0.1) is 13.8 Å². The number of nitrogens with one attached hydrogen (secondary N) is 1. The highest BCUT2D eigenvalue weighted by molar-refractivity contribution is 7.92. The number of sulfonamides is 1. The van der Waals surface area contributed by atoms with E-state index in [-0.39, 0.29) is 20.9 Å². The van der Waals surface area contributed by atoms with Crippen LogP contribution in [0.1, 0.15) is 11.3 Å². The quantitative estimate of drug-likeness (QED) is 0.876. The van der Waals surface area contributed by atoms with Crippen LogP contribution in [0.4, 0.5) is 5.82 Å². The molecule has 0 aliphatic carbocycles. The van der Waals surface area contributed by atoms with Gasteiger partial charge >= 0.3 is 0 Å². The van der Waals surface area contributed by atoms with Crippen molar-refractivity contribution in [2.75, 3.05) is 4.72 Å². The number of hydrogen-bond acceptors (Lipinski definition) is 4. The molecule has 0 fully saturated rings. The van der Waals surface area contributed by atoms with Crippen molar-refractivity contribution in [1.82, 2.24) is 9.97 Å². The molecule has 2 aromatic rings. The highest BCUT2D eigenvalue weighted by atomic mass is 35.5. The summed E-state index contributed by atoms with van der Waals surface area (Å²) in [4.78, 5) is 7.75. The van der Waals surface area contributed by atoms with E-state index >= 15 is 0 Å². The molecule has 0 aliphatic rings. The predicted molar refractivity (Wildman–Crippen MR) is 78.8 cm³/mol. The highest BCUT2D eigenvalue weighted by Crippen LogP contribution is 2.23. The zero-order valence-electron chi connectivity index (χ0n) is 10.7. The van der Waals surface area contributed by atoms with Crippen LogP contribution in [0.3, 0.4) is 0 Å². The van der Waals surface area contributed by atoms with Gasteiger partial charge in [-0.05, 0) is 37.6 Å². The predicted octanol–water partition coefficient (Wildman–Crippen LogP) is 3.20. The first-order valence-corrected chi connectivity index (χ1v) is 7.81. The van der Waals surface area contributed by atoms with E-state index in [1.807, 2.05) is 13.0 Å².